The Morgan fingerprint density at radius 1 is 1.10 bits per heavy atom. The Morgan fingerprint density at radius 3 is 2.37 bits per heavy atom. The maximum atomic E-state index is 5.53. The molecule has 0 aliphatic carbocycles. The average Bonchev–Trinajstić information content (AvgIpc) is 2.77. The number of benzene rings is 1. The van der Waals surface area contributed by atoms with Crippen LogP contribution in [0.2, 0.25) is 0 Å². The molecule has 170 valence electrons. The molecule has 0 amide bonds. The molecule has 0 aromatic heterocycles. The van der Waals surface area contributed by atoms with E-state index in [1.807, 2.05) is 19.2 Å². The lowest BCUT2D eigenvalue weighted by molar-refractivity contribution is 0.00739. The van der Waals surface area contributed by atoms with Crippen molar-refractivity contribution in [1.82, 2.24) is 15.1 Å². The number of piperazine rings is 1. The number of methoxy groups -OCH3 is 1. The molecule has 0 saturated carbocycles. The zero-order valence-electron chi connectivity index (χ0n) is 18.8. The monoisotopic (exact) mass is 531 g/mol. The van der Waals surface area contributed by atoms with Crippen molar-refractivity contribution in [2.24, 2.45) is 10.9 Å². The van der Waals surface area contributed by atoms with Gasteiger partial charge in [-0.05, 0) is 18.1 Å². The van der Waals surface area contributed by atoms with Gasteiger partial charge in [-0.3, -0.25) is 9.89 Å². The lowest BCUT2D eigenvalue weighted by Gasteiger charge is -2.40. The highest BCUT2D eigenvalue weighted by Gasteiger charge is 2.26. The van der Waals surface area contributed by atoms with Crippen LogP contribution < -0.4 is 15.0 Å². The third-order valence-electron chi connectivity index (χ3n) is 5.97. The summed E-state index contributed by atoms with van der Waals surface area (Å²) < 4.78 is 11.1. The summed E-state index contributed by atoms with van der Waals surface area (Å²) in [7, 11) is 3.62. The average molecular weight is 531 g/mol. The lowest BCUT2D eigenvalue weighted by Crippen LogP contribution is -2.56. The number of nitrogens with one attached hydrogen (secondary N) is 1. The quantitative estimate of drug-likeness (QED) is 0.346. The topological polar surface area (TPSA) is 52.6 Å². The van der Waals surface area contributed by atoms with Crippen molar-refractivity contribution in [3.8, 4) is 5.75 Å². The van der Waals surface area contributed by atoms with E-state index in [0.717, 1.165) is 70.7 Å². The Balaban J connectivity index is 0.00000320. The van der Waals surface area contributed by atoms with E-state index in [0.29, 0.717) is 12.0 Å². The van der Waals surface area contributed by atoms with Crippen molar-refractivity contribution in [3.63, 3.8) is 0 Å². The second-order valence-corrected chi connectivity index (χ2v) is 8.03. The summed E-state index contributed by atoms with van der Waals surface area (Å²) in [5, 5.41) is 3.65. The number of ether oxygens (including phenoxy) is 2. The molecule has 1 unspecified atom stereocenters. The molecule has 1 aromatic carbocycles. The molecular formula is C22H38IN5O2. The van der Waals surface area contributed by atoms with Crippen LogP contribution in [0.15, 0.2) is 29.3 Å². The molecule has 3 rings (SSSR count). The number of hydrogen-bond donors (Lipinski definition) is 1. The summed E-state index contributed by atoms with van der Waals surface area (Å²) in [5.74, 6) is 2.53. The number of hydrogen-bond acceptors (Lipinski definition) is 5. The predicted octanol–water partition coefficient (Wildman–Crippen LogP) is 2.37. The van der Waals surface area contributed by atoms with Gasteiger partial charge in [-0.2, -0.15) is 0 Å². The van der Waals surface area contributed by atoms with E-state index in [-0.39, 0.29) is 24.0 Å². The van der Waals surface area contributed by atoms with Gasteiger partial charge in [0.2, 0.25) is 0 Å². The van der Waals surface area contributed by atoms with Gasteiger partial charge in [0, 0.05) is 58.9 Å². The molecule has 2 aliphatic rings. The number of morpholine rings is 1. The largest absolute Gasteiger partial charge is 0.495 e. The smallest absolute Gasteiger partial charge is 0.193 e. The molecule has 2 aliphatic heterocycles. The third-order valence-corrected chi connectivity index (χ3v) is 5.97. The van der Waals surface area contributed by atoms with Crippen molar-refractivity contribution in [2.45, 2.75) is 19.9 Å². The van der Waals surface area contributed by atoms with Crippen LogP contribution in [0.1, 0.15) is 13.8 Å². The summed E-state index contributed by atoms with van der Waals surface area (Å²) in [4.78, 5) is 11.9. The van der Waals surface area contributed by atoms with E-state index < -0.39 is 0 Å². The van der Waals surface area contributed by atoms with Crippen molar-refractivity contribution in [2.75, 3.05) is 78.1 Å². The molecule has 2 fully saturated rings. The summed E-state index contributed by atoms with van der Waals surface area (Å²) in [6.45, 7) is 13.0. The van der Waals surface area contributed by atoms with Gasteiger partial charge in [-0.15, -0.1) is 24.0 Å². The van der Waals surface area contributed by atoms with Crippen LogP contribution in [0.5, 0.6) is 5.75 Å². The van der Waals surface area contributed by atoms with Crippen LogP contribution in [-0.4, -0.2) is 95.0 Å². The van der Waals surface area contributed by atoms with E-state index in [1.165, 1.54) is 5.69 Å². The van der Waals surface area contributed by atoms with Gasteiger partial charge >= 0.3 is 0 Å². The van der Waals surface area contributed by atoms with E-state index >= 15 is 0 Å². The van der Waals surface area contributed by atoms with Gasteiger partial charge in [0.25, 0.3) is 0 Å². The molecule has 0 spiro atoms. The fourth-order valence-corrected chi connectivity index (χ4v) is 4.27. The van der Waals surface area contributed by atoms with Gasteiger partial charge in [0.05, 0.1) is 26.0 Å². The van der Waals surface area contributed by atoms with Crippen LogP contribution >= 0.6 is 24.0 Å². The highest BCUT2D eigenvalue weighted by atomic mass is 127. The van der Waals surface area contributed by atoms with Gasteiger partial charge < -0.3 is 24.6 Å². The molecule has 1 aromatic rings. The first kappa shape index (κ1) is 25.0. The van der Waals surface area contributed by atoms with Crippen LogP contribution in [-0.2, 0) is 4.74 Å². The Kier molecular flexibility index (Phi) is 10.5. The zero-order chi connectivity index (χ0) is 20.6. The standard InChI is InChI=1S/C22H37N5O2.HI/c1-18(2)20(26-13-15-29-16-14-26)17-24-22(23-3)27-11-9-25(10-12-27)19-7-5-6-8-21(19)28-4;/h5-8,18,20H,9-17H2,1-4H3,(H,23,24);1H. The first-order valence-corrected chi connectivity index (χ1v) is 10.8. The third kappa shape index (κ3) is 6.37. The number of anilines is 1. The first-order valence-electron chi connectivity index (χ1n) is 10.8. The molecule has 0 radical (unpaired) electrons. The van der Waals surface area contributed by atoms with Crippen LogP contribution in [0, 0.1) is 5.92 Å². The molecular weight excluding hydrogens is 493 g/mol. The second-order valence-electron chi connectivity index (χ2n) is 8.03. The molecule has 1 N–H and O–H groups in total. The highest BCUT2D eigenvalue weighted by Crippen LogP contribution is 2.28. The van der Waals surface area contributed by atoms with Crippen molar-refractivity contribution in [1.29, 1.82) is 0 Å². The Morgan fingerprint density at radius 2 is 1.77 bits per heavy atom. The fraction of sp³-hybridized carbons (Fsp3) is 0.682. The van der Waals surface area contributed by atoms with Crippen LogP contribution in [0.3, 0.4) is 0 Å². The van der Waals surface area contributed by atoms with Gasteiger partial charge in [-0.1, -0.05) is 26.0 Å². The lowest BCUT2D eigenvalue weighted by atomic mass is 10.0. The minimum Gasteiger partial charge on any atom is -0.495 e. The highest BCUT2D eigenvalue weighted by molar-refractivity contribution is 14.0. The van der Waals surface area contributed by atoms with E-state index in [4.69, 9.17) is 9.47 Å². The molecule has 7 nitrogen and oxygen atoms in total. The van der Waals surface area contributed by atoms with Gasteiger partial charge in [0.1, 0.15) is 5.75 Å². The molecule has 1 atom stereocenters. The number of rotatable bonds is 6. The number of halogens is 1. The predicted molar refractivity (Wildman–Crippen MR) is 135 cm³/mol. The minimum atomic E-state index is 0. The maximum absolute atomic E-state index is 5.53. The summed E-state index contributed by atoms with van der Waals surface area (Å²) in [5.41, 5.74) is 1.17. The Labute approximate surface area is 198 Å². The Hall–Kier alpha value is -1.26. The zero-order valence-corrected chi connectivity index (χ0v) is 21.2. The maximum Gasteiger partial charge on any atom is 0.193 e. The van der Waals surface area contributed by atoms with Gasteiger partial charge in [0.15, 0.2) is 5.96 Å². The van der Waals surface area contributed by atoms with E-state index in [9.17, 15) is 0 Å². The molecule has 8 heteroatoms. The minimum absolute atomic E-state index is 0. The molecule has 2 saturated heterocycles. The molecule has 30 heavy (non-hydrogen) atoms. The van der Waals surface area contributed by atoms with Crippen molar-refractivity contribution < 1.29 is 9.47 Å². The molecule has 0 bridgehead atoms. The number of aliphatic imine (C=N–C) groups is 1. The number of guanidine groups is 1. The number of nitrogens with zero attached hydrogens (tertiary/aromatic N) is 4. The summed E-state index contributed by atoms with van der Waals surface area (Å²) in [6.07, 6.45) is 0. The second kappa shape index (κ2) is 12.6. The van der Waals surface area contributed by atoms with Crippen LogP contribution in [0.4, 0.5) is 5.69 Å². The van der Waals surface area contributed by atoms with E-state index in [2.05, 4.69) is 51.0 Å². The number of para-hydroxylation sites is 2. The van der Waals surface area contributed by atoms with Crippen LogP contribution in [0.25, 0.3) is 0 Å². The summed E-state index contributed by atoms with van der Waals surface area (Å²) in [6, 6.07) is 8.74. The van der Waals surface area contributed by atoms with E-state index in [1.54, 1.807) is 7.11 Å². The van der Waals surface area contributed by atoms with Gasteiger partial charge in [-0.25, -0.2) is 0 Å². The van der Waals surface area contributed by atoms with Crippen molar-refractivity contribution in [3.05, 3.63) is 24.3 Å². The normalized spacial score (nSPS) is 19.4. The first-order chi connectivity index (χ1) is 14.1. The van der Waals surface area contributed by atoms with Crippen molar-refractivity contribution >= 4 is 35.6 Å². The Bertz CT molecular complexity index is 659. The summed E-state index contributed by atoms with van der Waals surface area (Å²) >= 11 is 0. The fourth-order valence-electron chi connectivity index (χ4n) is 4.27. The molecule has 2 heterocycles. The SMILES string of the molecule is CN=C(NCC(C(C)C)N1CCOCC1)N1CCN(c2ccccc2OC)CC1.I.